The fourth-order valence-corrected chi connectivity index (χ4v) is 5.19. The first-order valence-corrected chi connectivity index (χ1v) is 12.1. The smallest absolute Gasteiger partial charge is 0.0492 e. The van der Waals surface area contributed by atoms with Gasteiger partial charge in [0.1, 0.15) is 0 Å². The number of hydrogen-bond donors (Lipinski definition) is 2. The van der Waals surface area contributed by atoms with E-state index in [0.717, 1.165) is 30.8 Å². The van der Waals surface area contributed by atoms with E-state index < -0.39 is 0 Å². The molecule has 1 heterocycles. The molecule has 0 fully saturated rings. The SMILES string of the molecule is CC.Nc1ccc2ccc(C3=C4C=CCCC4=CCN3)cc2c1SCc1ccccc1. The van der Waals surface area contributed by atoms with Crippen LogP contribution in [-0.4, -0.2) is 6.54 Å². The summed E-state index contributed by atoms with van der Waals surface area (Å²) in [5.74, 6) is 0.913. The number of nitrogens with one attached hydrogen (secondary N) is 1. The van der Waals surface area contributed by atoms with Crippen LogP contribution in [0.4, 0.5) is 5.69 Å². The van der Waals surface area contributed by atoms with Gasteiger partial charge in [0.15, 0.2) is 0 Å². The van der Waals surface area contributed by atoms with Crippen molar-refractivity contribution in [3.05, 3.63) is 101 Å². The van der Waals surface area contributed by atoms with Gasteiger partial charge in [0.25, 0.3) is 0 Å². The molecule has 5 rings (SSSR count). The molecule has 0 spiro atoms. The number of nitrogen functional groups attached to an aromatic ring is 1. The summed E-state index contributed by atoms with van der Waals surface area (Å²) in [7, 11) is 0. The third-order valence-corrected chi connectivity index (χ3v) is 6.85. The van der Waals surface area contributed by atoms with Gasteiger partial charge in [-0.25, -0.2) is 0 Å². The van der Waals surface area contributed by atoms with E-state index in [1.165, 1.54) is 43.6 Å². The van der Waals surface area contributed by atoms with Gasteiger partial charge in [0.05, 0.1) is 0 Å². The summed E-state index contributed by atoms with van der Waals surface area (Å²) in [4.78, 5) is 1.17. The third kappa shape index (κ3) is 4.57. The minimum Gasteiger partial charge on any atom is -0.398 e. The van der Waals surface area contributed by atoms with Crippen LogP contribution in [0.1, 0.15) is 37.8 Å². The molecular weight excluding hydrogens is 396 g/mol. The average Bonchev–Trinajstić information content (AvgIpc) is 2.84. The fourth-order valence-electron chi connectivity index (χ4n) is 4.12. The molecular formula is C28H30N2S. The van der Waals surface area contributed by atoms with E-state index in [1.807, 2.05) is 31.7 Å². The van der Waals surface area contributed by atoms with Gasteiger partial charge in [-0.3, -0.25) is 0 Å². The standard InChI is InChI=1S/C26H24N2S.C2H6/c27-24-13-12-20-10-11-21(25-22-9-5-4-8-19(22)14-15-28-25)16-23(20)26(24)29-17-18-6-2-1-3-7-18;1-2/h1-3,5-7,9-14,16,28H,4,8,15,17,27H2;1-2H3. The summed E-state index contributed by atoms with van der Waals surface area (Å²) in [6.45, 7) is 4.90. The summed E-state index contributed by atoms with van der Waals surface area (Å²) < 4.78 is 0. The molecule has 0 amide bonds. The zero-order chi connectivity index (χ0) is 21.6. The zero-order valence-electron chi connectivity index (χ0n) is 18.3. The minimum absolute atomic E-state index is 0.850. The highest BCUT2D eigenvalue weighted by molar-refractivity contribution is 7.99. The molecule has 31 heavy (non-hydrogen) atoms. The number of benzene rings is 3. The highest BCUT2D eigenvalue weighted by Crippen LogP contribution is 2.38. The van der Waals surface area contributed by atoms with Crippen molar-refractivity contribution in [3.63, 3.8) is 0 Å². The molecule has 0 radical (unpaired) electrons. The molecule has 2 nitrogen and oxygen atoms in total. The Balaban J connectivity index is 0.00000112. The van der Waals surface area contributed by atoms with Crippen LogP contribution in [0.3, 0.4) is 0 Å². The zero-order valence-corrected chi connectivity index (χ0v) is 19.1. The number of thioether (sulfide) groups is 1. The molecule has 0 saturated carbocycles. The Labute approximate surface area is 189 Å². The van der Waals surface area contributed by atoms with Crippen LogP contribution in [0.2, 0.25) is 0 Å². The number of rotatable bonds is 4. The van der Waals surface area contributed by atoms with Crippen molar-refractivity contribution >= 4 is 33.9 Å². The summed E-state index contributed by atoms with van der Waals surface area (Å²) in [5, 5.41) is 6.07. The van der Waals surface area contributed by atoms with Crippen LogP contribution in [0, 0.1) is 0 Å². The van der Waals surface area contributed by atoms with Gasteiger partial charge in [-0.15, -0.1) is 11.8 Å². The fraction of sp³-hybridized carbons (Fsp3) is 0.214. The Kier molecular flexibility index (Phi) is 6.83. The molecule has 3 N–H and O–H groups in total. The van der Waals surface area contributed by atoms with Gasteiger partial charge >= 0.3 is 0 Å². The highest BCUT2D eigenvalue weighted by Gasteiger charge is 2.18. The van der Waals surface area contributed by atoms with Gasteiger partial charge < -0.3 is 11.1 Å². The maximum absolute atomic E-state index is 6.42. The normalized spacial score (nSPS) is 15.0. The first-order valence-electron chi connectivity index (χ1n) is 11.1. The van der Waals surface area contributed by atoms with E-state index in [1.54, 1.807) is 0 Å². The lowest BCUT2D eigenvalue weighted by Gasteiger charge is -2.24. The molecule has 3 aromatic carbocycles. The number of nitrogens with two attached hydrogens (primary N) is 1. The van der Waals surface area contributed by atoms with E-state index in [9.17, 15) is 0 Å². The van der Waals surface area contributed by atoms with Crippen LogP contribution in [0.15, 0.2) is 94.9 Å². The Morgan fingerprint density at radius 2 is 1.81 bits per heavy atom. The molecule has 0 aromatic heterocycles. The maximum atomic E-state index is 6.42. The van der Waals surface area contributed by atoms with Crippen LogP contribution < -0.4 is 11.1 Å². The molecule has 0 saturated heterocycles. The van der Waals surface area contributed by atoms with Gasteiger partial charge in [-0.1, -0.05) is 80.6 Å². The quantitative estimate of drug-likeness (QED) is 0.339. The summed E-state index contributed by atoms with van der Waals surface area (Å²) in [6.07, 6.45) is 9.14. The summed E-state index contributed by atoms with van der Waals surface area (Å²) in [5.41, 5.74) is 13.9. The molecule has 2 aliphatic rings. The lowest BCUT2D eigenvalue weighted by Crippen LogP contribution is -2.20. The average molecular weight is 427 g/mol. The lowest BCUT2D eigenvalue weighted by atomic mass is 9.89. The molecule has 0 bridgehead atoms. The van der Waals surface area contributed by atoms with E-state index >= 15 is 0 Å². The van der Waals surface area contributed by atoms with E-state index in [0.29, 0.717) is 0 Å². The Morgan fingerprint density at radius 3 is 2.65 bits per heavy atom. The Bertz CT molecular complexity index is 1160. The molecule has 3 heteroatoms. The molecule has 158 valence electrons. The van der Waals surface area contributed by atoms with Crippen molar-refractivity contribution in [2.24, 2.45) is 0 Å². The molecule has 0 unspecified atom stereocenters. The second kappa shape index (κ2) is 9.93. The molecule has 1 aliphatic carbocycles. The van der Waals surface area contributed by atoms with Crippen LogP contribution in [0.25, 0.3) is 16.5 Å². The number of anilines is 1. The van der Waals surface area contributed by atoms with Crippen molar-refractivity contribution in [2.45, 2.75) is 37.3 Å². The Morgan fingerprint density at radius 1 is 1.00 bits per heavy atom. The van der Waals surface area contributed by atoms with Crippen molar-refractivity contribution in [2.75, 3.05) is 12.3 Å². The largest absolute Gasteiger partial charge is 0.398 e. The Hall–Kier alpha value is -2.91. The first kappa shape index (κ1) is 21.3. The van der Waals surface area contributed by atoms with E-state index in [-0.39, 0.29) is 0 Å². The van der Waals surface area contributed by atoms with Crippen molar-refractivity contribution in [1.29, 1.82) is 0 Å². The predicted molar refractivity (Wildman–Crippen MR) is 137 cm³/mol. The summed E-state index contributed by atoms with van der Waals surface area (Å²) in [6, 6.07) is 21.5. The predicted octanol–water partition coefficient (Wildman–Crippen LogP) is 7.33. The van der Waals surface area contributed by atoms with Gasteiger partial charge in [-0.05, 0) is 52.4 Å². The number of dihydropyridines is 1. The van der Waals surface area contributed by atoms with Crippen LogP contribution in [-0.2, 0) is 5.75 Å². The lowest BCUT2D eigenvalue weighted by molar-refractivity contribution is 0.897. The number of fused-ring (bicyclic) bond motifs is 2. The van der Waals surface area contributed by atoms with Crippen molar-refractivity contribution in [3.8, 4) is 0 Å². The van der Waals surface area contributed by atoms with Crippen molar-refractivity contribution < 1.29 is 0 Å². The van der Waals surface area contributed by atoms with Gasteiger partial charge in [0, 0.05) is 34.2 Å². The van der Waals surface area contributed by atoms with Gasteiger partial charge in [-0.2, -0.15) is 0 Å². The highest BCUT2D eigenvalue weighted by atomic mass is 32.2. The molecule has 3 aromatic rings. The second-order valence-electron chi connectivity index (χ2n) is 7.53. The van der Waals surface area contributed by atoms with Gasteiger partial charge in [0.2, 0.25) is 0 Å². The first-order chi connectivity index (χ1) is 15.3. The van der Waals surface area contributed by atoms with Crippen LogP contribution in [0.5, 0.6) is 0 Å². The van der Waals surface area contributed by atoms with Crippen molar-refractivity contribution in [1.82, 2.24) is 5.32 Å². The third-order valence-electron chi connectivity index (χ3n) is 5.62. The maximum Gasteiger partial charge on any atom is 0.0492 e. The number of allylic oxidation sites excluding steroid dienone is 4. The molecule has 1 aliphatic heterocycles. The monoisotopic (exact) mass is 426 g/mol. The van der Waals surface area contributed by atoms with Crippen LogP contribution >= 0.6 is 11.8 Å². The minimum atomic E-state index is 0.850. The molecule has 0 atom stereocenters. The second-order valence-corrected chi connectivity index (χ2v) is 8.52. The van der Waals surface area contributed by atoms with E-state index in [2.05, 4.69) is 78.1 Å². The topological polar surface area (TPSA) is 38.0 Å². The van der Waals surface area contributed by atoms with E-state index in [4.69, 9.17) is 5.73 Å². The summed E-state index contributed by atoms with van der Waals surface area (Å²) >= 11 is 1.82. The number of hydrogen-bond acceptors (Lipinski definition) is 3.